The number of carbonyl (C=O) groups is 1. The predicted molar refractivity (Wildman–Crippen MR) is 97.3 cm³/mol. The molecule has 0 spiro atoms. The van der Waals surface area contributed by atoms with Crippen LogP contribution in [0.1, 0.15) is 78.1 Å². The van der Waals surface area contributed by atoms with Crippen molar-refractivity contribution >= 4 is 5.97 Å². The van der Waals surface area contributed by atoms with Crippen molar-refractivity contribution in [3.63, 3.8) is 0 Å². The van der Waals surface area contributed by atoms with Crippen LogP contribution in [-0.2, 0) is 4.79 Å². The van der Waals surface area contributed by atoms with Crippen molar-refractivity contribution in [3.8, 4) is 0 Å². The molecule has 0 unspecified atom stereocenters. The zero-order valence-corrected chi connectivity index (χ0v) is 18.5. The van der Waals surface area contributed by atoms with E-state index in [0.717, 1.165) is 33.1 Å². The van der Waals surface area contributed by atoms with Crippen LogP contribution < -0.4 is 51.0 Å². The van der Waals surface area contributed by atoms with E-state index < -0.39 is 5.97 Å². The number of nitrogens with two attached hydrogens (primary N) is 1. The van der Waals surface area contributed by atoms with E-state index >= 15 is 0 Å². The fourth-order valence-corrected chi connectivity index (χ4v) is 2.27. The van der Waals surface area contributed by atoms with Crippen LogP contribution >= 0.6 is 0 Å². The minimum Gasteiger partial charge on any atom is -0.550 e. The Balaban J connectivity index is -0.000000787. The summed E-state index contributed by atoms with van der Waals surface area (Å²) < 4.78 is 0. The molecule has 0 aromatic heterocycles. The topological polar surface area (TPSA) is 90.2 Å². The van der Waals surface area contributed by atoms with Gasteiger partial charge in [0.1, 0.15) is 0 Å². The smallest absolute Gasteiger partial charge is 0.550 e. The predicted octanol–water partition coefficient (Wildman–Crippen LogP) is -1.19. The summed E-state index contributed by atoms with van der Waals surface area (Å²) in [6.45, 7) is 8.19. The first-order valence-corrected chi connectivity index (χ1v) is 9.44. The number of hydrogen-bond acceptors (Lipinski definition) is 5. The summed E-state index contributed by atoms with van der Waals surface area (Å²) in [7, 11) is 0. The second kappa shape index (κ2) is 28.2. The molecular formula is C18H40N3NaO2. The van der Waals surface area contributed by atoms with Crippen LogP contribution in [0.2, 0.25) is 0 Å². The summed E-state index contributed by atoms with van der Waals surface area (Å²) >= 11 is 0. The van der Waals surface area contributed by atoms with Crippen LogP contribution in [0.4, 0.5) is 0 Å². The summed E-state index contributed by atoms with van der Waals surface area (Å²) in [5, 5.41) is 15.6. The third-order valence-corrected chi connectivity index (χ3v) is 3.51. The molecule has 0 aliphatic heterocycles. The van der Waals surface area contributed by atoms with E-state index in [1.54, 1.807) is 0 Å². The van der Waals surface area contributed by atoms with Gasteiger partial charge in [0.2, 0.25) is 0 Å². The largest absolute Gasteiger partial charge is 1.00 e. The van der Waals surface area contributed by atoms with Gasteiger partial charge in [-0.15, -0.1) is 0 Å². The third-order valence-electron chi connectivity index (χ3n) is 3.51. The molecule has 0 bridgehead atoms. The standard InChI is InChI=1S/C16H37N3.C2H4O2.Na/c1-2-3-4-5-6-7-8-9-10-11-13-18-15-16-19-14-12-17;1-2(3)4;/h18-19H,2-17H2,1H3;1H3,(H,3,4);/q;;+1/p-1. The maximum atomic E-state index is 8.89. The van der Waals surface area contributed by atoms with Crippen LogP contribution in [0, 0.1) is 0 Å². The van der Waals surface area contributed by atoms with Gasteiger partial charge in [-0.2, -0.15) is 0 Å². The maximum Gasteiger partial charge on any atom is 1.00 e. The molecule has 0 radical (unpaired) electrons. The molecule has 0 saturated carbocycles. The van der Waals surface area contributed by atoms with E-state index in [9.17, 15) is 0 Å². The second-order valence-electron chi connectivity index (χ2n) is 5.96. The molecular weight excluding hydrogens is 313 g/mol. The fraction of sp³-hybridized carbons (Fsp3) is 0.944. The van der Waals surface area contributed by atoms with E-state index in [1.807, 2.05) is 0 Å². The van der Waals surface area contributed by atoms with Crippen LogP contribution in [-0.4, -0.2) is 38.7 Å². The van der Waals surface area contributed by atoms with Crippen molar-refractivity contribution in [1.29, 1.82) is 0 Å². The van der Waals surface area contributed by atoms with E-state index in [0.29, 0.717) is 0 Å². The van der Waals surface area contributed by atoms with E-state index in [2.05, 4.69) is 17.6 Å². The maximum absolute atomic E-state index is 8.89. The van der Waals surface area contributed by atoms with Gasteiger partial charge >= 0.3 is 29.6 Å². The normalized spacial score (nSPS) is 9.79. The SMILES string of the molecule is CC(=O)[O-].CCCCCCCCCCCCNCCNCCN.[Na+]. The zero-order chi connectivity index (χ0) is 17.6. The average molecular weight is 354 g/mol. The number of carbonyl (C=O) groups excluding carboxylic acids is 1. The number of hydrogen-bond donors (Lipinski definition) is 3. The van der Waals surface area contributed by atoms with Gasteiger partial charge in [0.25, 0.3) is 0 Å². The third kappa shape index (κ3) is 38.1. The van der Waals surface area contributed by atoms with Gasteiger partial charge in [0, 0.05) is 32.1 Å². The van der Waals surface area contributed by atoms with E-state index in [4.69, 9.17) is 15.6 Å². The minimum atomic E-state index is -1.08. The first kappa shape index (κ1) is 29.1. The number of unbranched alkanes of at least 4 members (excludes halogenated alkanes) is 9. The van der Waals surface area contributed by atoms with Gasteiger partial charge in [0.15, 0.2) is 0 Å². The van der Waals surface area contributed by atoms with Crippen molar-refractivity contribution in [2.75, 3.05) is 32.7 Å². The molecule has 4 N–H and O–H groups in total. The molecule has 140 valence electrons. The molecule has 0 heterocycles. The molecule has 0 fully saturated rings. The average Bonchev–Trinajstić information content (AvgIpc) is 2.50. The van der Waals surface area contributed by atoms with Crippen LogP contribution in [0.15, 0.2) is 0 Å². The molecule has 0 aliphatic carbocycles. The Labute approximate surface area is 172 Å². The Bertz CT molecular complexity index is 212. The molecule has 5 nitrogen and oxygen atoms in total. The van der Waals surface area contributed by atoms with Crippen molar-refractivity contribution in [2.24, 2.45) is 5.73 Å². The Morgan fingerprint density at radius 1 is 0.792 bits per heavy atom. The van der Waals surface area contributed by atoms with E-state index in [-0.39, 0.29) is 29.6 Å². The quantitative estimate of drug-likeness (QED) is 0.240. The van der Waals surface area contributed by atoms with Crippen molar-refractivity contribution in [3.05, 3.63) is 0 Å². The molecule has 0 aromatic rings. The van der Waals surface area contributed by atoms with Gasteiger partial charge in [-0.1, -0.05) is 64.7 Å². The molecule has 6 heteroatoms. The first-order valence-electron chi connectivity index (χ1n) is 9.44. The summed E-state index contributed by atoms with van der Waals surface area (Å²) in [5.74, 6) is -1.08. The Morgan fingerprint density at radius 3 is 1.58 bits per heavy atom. The monoisotopic (exact) mass is 353 g/mol. The van der Waals surface area contributed by atoms with Gasteiger partial charge in [-0.25, -0.2) is 0 Å². The first-order chi connectivity index (χ1) is 11.1. The zero-order valence-electron chi connectivity index (χ0n) is 16.5. The fourth-order valence-electron chi connectivity index (χ4n) is 2.27. The number of aliphatic carboxylic acids is 1. The molecule has 24 heavy (non-hydrogen) atoms. The van der Waals surface area contributed by atoms with Crippen LogP contribution in [0.25, 0.3) is 0 Å². The molecule has 0 atom stereocenters. The molecule has 0 aliphatic rings. The van der Waals surface area contributed by atoms with Gasteiger partial charge in [-0.05, 0) is 19.9 Å². The van der Waals surface area contributed by atoms with Gasteiger partial charge in [0.05, 0.1) is 0 Å². The van der Waals surface area contributed by atoms with Crippen LogP contribution in [0.5, 0.6) is 0 Å². The van der Waals surface area contributed by atoms with Crippen LogP contribution in [0.3, 0.4) is 0 Å². The summed E-state index contributed by atoms with van der Waals surface area (Å²) in [4.78, 5) is 8.89. The summed E-state index contributed by atoms with van der Waals surface area (Å²) in [6, 6.07) is 0. The molecule has 0 saturated heterocycles. The molecule has 0 rings (SSSR count). The number of carboxylic acid groups (broad SMARTS) is 1. The number of nitrogens with one attached hydrogen (secondary N) is 2. The number of carboxylic acids is 1. The Hall–Kier alpha value is 0.350. The Morgan fingerprint density at radius 2 is 1.17 bits per heavy atom. The number of rotatable bonds is 16. The Kier molecular flexibility index (Phi) is 34.2. The van der Waals surface area contributed by atoms with Crippen molar-refractivity contribution in [1.82, 2.24) is 10.6 Å². The molecule has 0 aromatic carbocycles. The van der Waals surface area contributed by atoms with E-state index in [1.165, 1.54) is 70.8 Å². The van der Waals surface area contributed by atoms with Crippen molar-refractivity contribution < 1.29 is 39.5 Å². The summed E-state index contributed by atoms with van der Waals surface area (Å²) in [6.07, 6.45) is 14.1. The molecule has 0 amide bonds. The minimum absolute atomic E-state index is 0. The summed E-state index contributed by atoms with van der Waals surface area (Å²) in [5.41, 5.74) is 5.40. The van der Waals surface area contributed by atoms with Gasteiger partial charge < -0.3 is 26.3 Å². The second-order valence-corrected chi connectivity index (χ2v) is 5.96. The van der Waals surface area contributed by atoms with Gasteiger partial charge in [-0.3, -0.25) is 0 Å². The van der Waals surface area contributed by atoms with Crippen molar-refractivity contribution in [2.45, 2.75) is 78.1 Å².